The van der Waals surface area contributed by atoms with Crippen LogP contribution in [0.3, 0.4) is 0 Å². The molecular weight excluding hydrogens is 242 g/mol. The molecule has 1 aromatic rings. The lowest BCUT2D eigenvalue weighted by Crippen LogP contribution is -2.37. The van der Waals surface area contributed by atoms with Crippen LogP contribution in [0.15, 0.2) is 17.5 Å². The lowest BCUT2D eigenvalue weighted by atomic mass is 9.85. The fourth-order valence-electron chi connectivity index (χ4n) is 2.41. The third kappa shape index (κ3) is 2.64. The van der Waals surface area contributed by atoms with Crippen LogP contribution in [0.25, 0.3) is 0 Å². The molecule has 16 heavy (non-hydrogen) atoms. The third-order valence-corrected chi connectivity index (χ3v) is 5.06. The lowest BCUT2D eigenvalue weighted by Gasteiger charge is -2.27. The molecule has 0 bridgehead atoms. The van der Waals surface area contributed by atoms with E-state index in [1.165, 1.54) is 24.0 Å². The van der Waals surface area contributed by atoms with Crippen LogP contribution in [0.5, 0.6) is 0 Å². The summed E-state index contributed by atoms with van der Waals surface area (Å²) < 4.78 is 25.1. The van der Waals surface area contributed by atoms with E-state index in [2.05, 4.69) is 16.2 Å². The molecule has 0 unspecified atom stereocenters. The summed E-state index contributed by atoms with van der Waals surface area (Å²) in [4.78, 5) is 1.32. The normalized spacial score (nSPS) is 20.1. The summed E-state index contributed by atoms with van der Waals surface area (Å²) in [5.74, 6) is 0. The van der Waals surface area contributed by atoms with E-state index >= 15 is 0 Å². The molecule has 0 saturated heterocycles. The predicted octanol–water partition coefficient (Wildman–Crippen LogP) is 2.11. The van der Waals surface area contributed by atoms with Gasteiger partial charge in [0.05, 0.1) is 6.26 Å². The molecule has 0 spiro atoms. The van der Waals surface area contributed by atoms with Gasteiger partial charge in [0.2, 0.25) is 10.0 Å². The van der Waals surface area contributed by atoms with Gasteiger partial charge in [-0.3, -0.25) is 0 Å². The largest absolute Gasteiger partial charge is 0.215 e. The van der Waals surface area contributed by atoms with E-state index in [0.29, 0.717) is 6.54 Å². The van der Waals surface area contributed by atoms with E-state index in [1.54, 1.807) is 11.3 Å². The van der Waals surface area contributed by atoms with Crippen LogP contribution in [0.4, 0.5) is 0 Å². The quantitative estimate of drug-likeness (QED) is 0.900. The van der Waals surface area contributed by atoms with E-state index < -0.39 is 10.0 Å². The maximum atomic E-state index is 11.2. The van der Waals surface area contributed by atoms with Crippen molar-refractivity contribution in [1.82, 2.24) is 4.72 Å². The number of thiophene rings is 1. The zero-order chi connectivity index (χ0) is 11.6. The van der Waals surface area contributed by atoms with E-state index in [-0.39, 0.29) is 5.41 Å². The minimum Gasteiger partial charge on any atom is -0.215 e. The zero-order valence-corrected chi connectivity index (χ0v) is 11.0. The minimum absolute atomic E-state index is 0.0528. The van der Waals surface area contributed by atoms with Crippen molar-refractivity contribution >= 4 is 21.4 Å². The minimum atomic E-state index is -3.09. The van der Waals surface area contributed by atoms with Crippen molar-refractivity contribution in [2.24, 2.45) is 0 Å². The second-order valence-electron chi connectivity index (χ2n) is 4.56. The summed E-state index contributed by atoms with van der Waals surface area (Å²) >= 11 is 1.73. The first-order valence-electron chi connectivity index (χ1n) is 5.51. The fourth-order valence-corrected chi connectivity index (χ4v) is 3.94. The van der Waals surface area contributed by atoms with Crippen molar-refractivity contribution in [3.8, 4) is 0 Å². The highest BCUT2D eigenvalue weighted by Crippen LogP contribution is 2.42. The predicted molar refractivity (Wildman–Crippen MR) is 67.3 cm³/mol. The molecule has 0 aliphatic heterocycles. The van der Waals surface area contributed by atoms with Gasteiger partial charge in [-0.25, -0.2) is 13.1 Å². The fraction of sp³-hybridized carbons (Fsp3) is 0.636. The Bertz CT molecular complexity index is 431. The maximum absolute atomic E-state index is 11.2. The van der Waals surface area contributed by atoms with E-state index in [9.17, 15) is 8.42 Å². The summed E-state index contributed by atoms with van der Waals surface area (Å²) in [6, 6.07) is 4.17. The molecule has 1 aliphatic carbocycles. The smallest absolute Gasteiger partial charge is 0.208 e. The monoisotopic (exact) mass is 259 g/mol. The highest BCUT2D eigenvalue weighted by atomic mass is 32.2. The van der Waals surface area contributed by atoms with Crippen LogP contribution in [0.1, 0.15) is 30.6 Å². The Hall–Kier alpha value is -0.390. The highest BCUT2D eigenvalue weighted by molar-refractivity contribution is 7.88. The van der Waals surface area contributed by atoms with Gasteiger partial charge in [0.1, 0.15) is 0 Å². The molecule has 3 nitrogen and oxygen atoms in total. The van der Waals surface area contributed by atoms with Crippen molar-refractivity contribution in [1.29, 1.82) is 0 Å². The average Bonchev–Trinajstić information content (AvgIpc) is 2.86. The first-order chi connectivity index (χ1) is 7.52. The van der Waals surface area contributed by atoms with Gasteiger partial charge in [-0.2, -0.15) is 0 Å². The molecule has 1 N–H and O–H groups in total. The van der Waals surface area contributed by atoms with Gasteiger partial charge in [0, 0.05) is 16.8 Å². The topological polar surface area (TPSA) is 46.2 Å². The van der Waals surface area contributed by atoms with Crippen LogP contribution in [0.2, 0.25) is 0 Å². The molecule has 1 aromatic heterocycles. The van der Waals surface area contributed by atoms with Crippen molar-refractivity contribution in [3.05, 3.63) is 22.4 Å². The molecule has 2 rings (SSSR count). The molecule has 90 valence electrons. The van der Waals surface area contributed by atoms with E-state index in [0.717, 1.165) is 12.8 Å². The summed E-state index contributed by atoms with van der Waals surface area (Å²) in [6.45, 7) is 0.548. The molecule has 5 heteroatoms. The molecule has 1 fully saturated rings. The SMILES string of the molecule is CS(=O)(=O)NCC1(c2cccs2)CCCC1. The number of hydrogen-bond acceptors (Lipinski definition) is 3. The Morgan fingerprint density at radius 3 is 2.62 bits per heavy atom. The number of nitrogens with one attached hydrogen (secondary N) is 1. The van der Waals surface area contributed by atoms with Crippen LogP contribution < -0.4 is 4.72 Å². The van der Waals surface area contributed by atoms with Crippen molar-refractivity contribution in [3.63, 3.8) is 0 Å². The second-order valence-corrected chi connectivity index (χ2v) is 7.34. The van der Waals surface area contributed by atoms with Crippen LogP contribution in [-0.2, 0) is 15.4 Å². The molecule has 1 saturated carbocycles. The van der Waals surface area contributed by atoms with Crippen molar-refractivity contribution in [2.75, 3.05) is 12.8 Å². The van der Waals surface area contributed by atoms with E-state index in [4.69, 9.17) is 0 Å². The Balaban J connectivity index is 2.17. The number of hydrogen-bond donors (Lipinski definition) is 1. The molecule has 0 amide bonds. The standard InChI is InChI=1S/C11H17NO2S2/c1-16(13,14)12-9-11(6-2-3-7-11)10-5-4-8-15-10/h4-5,8,12H,2-3,6-7,9H2,1H3. The molecule has 0 radical (unpaired) electrons. The van der Waals surface area contributed by atoms with Gasteiger partial charge in [-0.15, -0.1) is 11.3 Å². The summed E-state index contributed by atoms with van der Waals surface area (Å²) in [6.07, 6.45) is 5.81. The molecule has 1 aliphatic rings. The van der Waals surface area contributed by atoms with Gasteiger partial charge < -0.3 is 0 Å². The van der Waals surface area contributed by atoms with Gasteiger partial charge in [-0.1, -0.05) is 18.9 Å². The lowest BCUT2D eigenvalue weighted by molar-refractivity contribution is 0.441. The first-order valence-corrected chi connectivity index (χ1v) is 8.28. The van der Waals surface area contributed by atoms with E-state index in [1.807, 2.05) is 6.07 Å². The zero-order valence-electron chi connectivity index (χ0n) is 9.40. The molecule has 0 aromatic carbocycles. The van der Waals surface area contributed by atoms with Gasteiger partial charge >= 0.3 is 0 Å². The highest BCUT2D eigenvalue weighted by Gasteiger charge is 2.36. The van der Waals surface area contributed by atoms with Crippen LogP contribution in [-0.4, -0.2) is 21.2 Å². The van der Waals surface area contributed by atoms with Crippen molar-refractivity contribution < 1.29 is 8.42 Å². The van der Waals surface area contributed by atoms with Crippen LogP contribution in [0, 0.1) is 0 Å². The first kappa shape index (κ1) is 12.1. The Morgan fingerprint density at radius 2 is 2.12 bits per heavy atom. The average molecular weight is 259 g/mol. The van der Waals surface area contributed by atoms with Gasteiger partial charge in [0.25, 0.3) is 0 Å². The third-order valence-electron chi connectivity index (χ3n) is 3.28. The molecular formula is C11H17NO2S2. The Labute approximate surface area is 101 Å². The molecule has 1 heterocycles. The Morgan fingerprint density at radius 1 is 1.44 bits per heavy atom. The number of rotatable bonds is 4. The number of sulfonamides is 1. The van der Waals surface area contributed by atoms with Gasteiger partial charge in [0.15, 0.2) is 0 Å². The van der Waals surface area contributed by atoms with Gasteiger partial charge in [-0.05, 0) is 24.3 Å². The molecule has 0 atom stereocenters. The maximum Gasteiger partial charge on any atom is 0.208 e. The Kier molecular flexibility index (Phi) is 3.37. The summed E-state index contributed by atoms with van der Waals surface area (Å²) in [5, 5.41) is 2.07. The van der Waals surface area contributed by atoms with Crippen molar-refractivity contribution in [2.45, 2.75) is 31.1 Å². The summed E-state index contributed by atoms with van der Waals surface area (Å²) in [5.41, 5.74) is 0.0528. The summed E-state index contributed by atoms with van der Waals surface area (Å²) in [7, 11) is -3.09. The second kappa shape index (κ2) is 4.47. The van der Waals surface area contributed by atoms with Crippen LogP contribution >= 0.6 is 11.3 Å².